The van der Waals surface area contributed by atoms with Gasteiger partial charge in [-0.3, -0.25) is 4.79 Å². The van der Waals surface area contributed by atoms with Crippen molar-refractivity contribution in [2.75, 3.05) is 19.0 Å². The van der Waals surface area contributed by atoms with Crippen molar-refractivity contribution in [3.05, 3.63) is 24.0 Å². The van der Waals surface area contributed by atoms with Gasteiger partial charge in [0.05, 0.1) is 12.7 Å². The number of benzene rings is 1. The molecule has 3 N–H and O–H groups in total. The molecular formula is C14H19FN2O3. The van der Waals surface area contributed by atoms with Crippen LogP contribution >= 0.6 is 0 Å². The number of hydrogen-bond donors (Lipinski definition) is 2. The lowest BCUT2D eigenvalue weighted by Gasteiger charge is -2.26. The Balaban J connectivity index is 1.95. The third-order valence-corrected chi connectivity index (χ3v) is 3.23. The van der Waals surface area contributed by atoms with Gasteiger partial charge in [-0.2, -0.15) is 0 Å². The molecule has 1 aromatic rings. The Morgan fingerprint density at radius 2 is 2.30 bits per heavy atom. The van der Waals surface area contributed by atoms with Gasteiger partial charge in [-0.25, -0.2) is 4.39 Å². The molecule has 0 bridgehead atoms. The van der Waals surface area contributed by atoms with Gasteiger partial charge in [-0.1, -0.05) is 0 Å². The highest BCUT2D eigenvalue weighted by Crippen LogP contribution is 2.28. The molecule has 1 saturated carbocycles. The number of rotatable bonds is 6. The lowest BCUT2D eigenvalue weighted by Crippen LogP contribution is -2.39. The zero-order valence-corrected chi connectivity index (χ0v) is 11.4. The zero-order valence-electron chi connectivity index (χ0n) is 11.4. The minimum Gasteiger partial charge on any atom is -0.487 e. The molecule has 1 aliphatic rings. The smallest absolute Gasteiger partial charge is 0.243 e. The Labute approximate surface area is 117 Å². The predicted molar refractivity (Wildman–Crippen MR) is 73.1 cm³/mol. The highest BCUT2D eigenvalue weighted by molar-refractivity contribution is 5.94. The molecule has 0 aliphatic heterocycles. The number of carbonyl (C=O) groups excluding carboxylic acids is 1. The summed E-state index contributed by atoms with van der Waals surface area (Å²) >= 11 is 0. The fourth-order valence-corrected chi connectivity index (χ4v) is 1.83. The van der Waals surface area contributed by atoms with E-state index in [1.54, 1.807) is 6.07 Å². The standard InChI is InChI=1S/C14H19FN2O3/c1-19-8-12(16)14(18)17-9-5-6-13(11(15)7-9)20-10-3-2-4-10/h5-7,10,12H,2-4,8,16H2,1H3,(H,17,18). The second-order valence-corrected chi connectivity index (χ2v) is 4.87. The van der Waals surface area contributed by atoms with Crippen LogP contribution in [0.2, 0.25) is 0 Å². The number of ether oxygens (including phenoxy) is 2. The topological polar surface area (TPSA) is 73.6 Å². The molecular weight excluding hydrogens is 263 g/mol. The molecule has 0 aromatic heterocycles. The minimum absolute atomic E-state index is 0.108. The molecule has 110 valence electrons. The average Bonchev–Trinajstić information content (AvgIpc) is 2.36. The lowest BCUT2D eigenvalue weighted by atomic mass is 9.96. The number of hydrogen-bond acceptors (Lipinski definition) is 4. The summed E-state index contributed by atoms with van der Waals surface area (Å²) in [7, 11) is 1.46. The largest absolute Gasteiger partial charge is 0.487 e. The highest BCUT2D eigenvalue weighted by atomic mass is 19.1. The number of carbonyl (C=O) groups is 1. The van der Waals surface area contributed by atoms with E-state index in [2.05, 4.69) is 5.32 Å². The third kappa shape index (κ3) is 3.68. The molecule has 1 atom stereocenters. The maximum absolute atomic E-state index is 13.8. The van der Waals surface area contributed by atoms with Crippen molar-refractivity contribution in [2.45, 2.75) is 31.4 Å². The van der Waals surface area contributed by atoms with Crippen LogP contribution in [0.1, 0.15) is 19.3 Å². The summed E-state index contributed by atoms with van der Waals surface area (Å²) in [5.74, 6) is -0.692. The van der Waals surface area contributed by atoms with Crippen molar-refractivity contribution in [3.8, 4) is 5.75 Å². The summed E-state index contributed by atoms with van der Waals surface area (Å²) in [6.07, 6.45) is 3.16. The zero-order chi connectivity index (χ0) is 14.5. The van der Waals surface area contributed by atoms with Gasteiger partial charge >= 0.3 is 0 Å². The molecule has 0 radical (unpaired) electrons. The highest BCUT2D eigenvalue weighted by Gasteiger charge is 2.21. The van der Waals surface area contributed by atoms with Crippen LogP contribution in [0.5, 0.6) is 5.75 Å². The van der Waals surface area contributed by atoms with Crippen LogP contribution in [0.15, 0.2) is 18.2 Å². The molecule has 6 heteroatoms. The molecule has 20 heavy (non-hydrogen) atoms. The molecule has 2 rings (SSSR count). The number of anilines is 1. The van der Waals surface area contributed by atoms with Crippen LogP contribution in [0.4, 0.5) is 10.1 Å². The third-order valence-electron chi connectivity index (χ3n) is 3.23. The number of amides is 1. The van der Waals surface area contributed by atoms with Crippen molar-refractivity contribution >= 4 is 11.6 Å². The quantitative estimate of drug-likeness (QED) is 0.832. The molecule has 1 amide bonds. The Hall–Kier alpha value is -1.66. The Morgan fingerprint density at radius 1 is 1.55 bits per heavy atom. The first-order chi connectivity index (χ1) is 9.60. The molecule has 1 aliphatic carbocycles. The van der Waals surface area contributed by atoms with E-state index in [0.717, 1.165) is 19.3 Å². The number of nitrogens with two attached hydrogens (primary N) is 1. The first-order valence-corrected chi connectivity index (χ1v) is 6.61. The SMILES string of the molecule is COCC(N)C(=O)Nc1ccc(OC2CCC2)c(F)c1. The molecule has 0 spiro atoms. The number of methoxy groups -OCH3 is 1. The molecule has 0 heterocycles. The van der Waals surface area contributed by atoms with Gasteiger partial charge in [0.25, 0.3) is 0 Å². The summed E-state index contributed by atoms with van der Waals surface area (Å²) in [4.78, 5) is 11.7. The summed E-state index contributed by atoms with van der Waals surface area (Å²) in [6, 6.07) is 3.55. The van der Waals surface area contributed by atoms with Crippen LogP contribution < -0.4 is 15.8 Å². The van der Waals surface area contributed by atoms with Crippen LogP contribution in [-0.2, 0) is 9.53 Å². The molecule has 1 fully saturated rings. The van der Waals surface area contributed by atoms with Crippen LogP contribution in [0.3, 0.4) is 0 Å². The van der Waals surface area contributed by atoms with Crippen molar-refractivity contribution in [2.24, 2.45) is 5.73 Å². The Morgan fingerprint density at radius 3 is 2.85 bits per heavy atom. The Kier molecular flexibility index (Phi) is 4.92. The lowest BCUT2D eigenvalue weighted by molar-refractivity contribution is -0.118. The molecule has 5 nitrogen and oxygen atoms in total. The van der Waals surface area contributed by atoms with Crippen molar-refractivity contribution in [1.29, 1.82) is 0 Å². The summed E-state index contributed by atoms with van der Waals surface area (Å²) < 4.78 is 24.1. The minimum atomic E-state index is -0.783. The van der Waals surface area contributed by atoms with E-state index in [0.29, 0.717) is 5.69 Å². The van der Waals surface area contributed by atoms with E-state index < -0.39 is 17.8 Å². The number of nitrogens with one attached hydrogen (secondary N) is 1. The van der Waals surface area contributed by atoms with Gasteiger partial charge in [-0.05, 0) is 31.4 Å². The Bertz CT molecular complexity index is 477. The van der Waals surface area contributed by atoms with Gasteiger partial charge in [0, 0.05) is 18.9 Å². The van der Waals surface area contributed by atoms with Crippen molar-refractivity contribution in [3.63, 3.8) is 0 Å². The van der Waals surface area contributed by atoms with E-state index in [1.807, 2.05) is 0 Å². The maximum atomic E-state index is 13.8. The van der Waals surface area contributed by atoms with E-state index in [-0.39, 0.29) is 18.5 Å². The van der Waals surface area contributed by atoms with E-state index in [4.69, 9.17) is 15.2 Å². The van der Waals surface area contributed by atoms with Gasteiger partial charge < -0.3 is 20.5 Å². The molecule has 1 aromatic carbocycles. The normalized spacial score (nSPS) is 16.4. The van der Waals surface area contributed by atoms with Gasteiger partial charge in [-0.15, -0.1) is 0 Å². The van der Waals surface area contributed by atoms with Crippen LogP contribution in [0, 0.1) is 5.82 Å². The predicted octanol–water partition coefficient (Wildman–Crippen LogP) is 1.67. The fourth-order valence-electron chi connectivity index (χ4n) is 1.83. The van der Waals surface area contributed by atoms with Crippen molar-refractivity contribution in [1.82, 2.24) is 0 Å². The van der Waals surface area contributed by atoms with E-state index in [9.17, 15) is 9.18 Å². The maximum Gasteiger partial charge on any atom is 0.243 e. The molecule has 1 unspecified atom stereocenters. The van der Waals surface area contributed by atoms with Crippen molar-refractivity contribution < 1.29 is 18.7 Å². The second-order valence-electron chi connectivity index (χ2n) is 4.87. The monoisotopic (exact) mass is 282 g/mol. The fraction of sp³-hybridized carbons (Fsp3) is 0.500. The summed E-state index contributed by atoms with van der Waals surface area (Å²) in [5.41, 5.74) is 5.93. The summed E-state index contributed by atoms with van der Waals surface area (Å²) in [6.45, 7) is 0.108. The second kappa shape index (κ2) is 6.67. The molecule has 0 saturated heterocycles. The van der Waals surface area contributed by atoms with Crippen LogP contribution in [-0.4, -0.2) is 31.8 Å². The van der Waals surface area contributed by atoms with E-state index >= 15 is 0 Å². The number of halogens is 1. The van der Waals surface area contributed by atoms with Gasteiger partial charge in [0.15, 0.2) is 11.6 Å². The summed E-state index contributed by atoms with van der Waals surface area (Å²) in [5, 5.41) is 2.54. The van der Waals surface area contributed by atoms with Crippen LogP contribution in [0.25, 0.3) is 0 Å². The first kappa shape index (κ1) is 14.7. The van der Waals surface area contributed by atoms with Gasteiger partial charge in [0.1, 0.15) is 6.04 Å². The average molecular weight is 282 g/mol. The van der Waals surface area contributed by atoms with E-state index in [1.165, 1.54) is 19.2 Å². The van der Waals surface area contributed by atoms with Gasteiger partial charge in [0.2, 0.25) is 5.91 Å². The first-order valence-electron chi connectivity index (χ1n) is 6.61.